The van der Waals surface area contributed by atoms with Gasteiger partial charge in [0.05, 0.1) is 5.69 Å². The minimum Gasteiger partial charge on any atom is -0.379 e. The van der Waals surface area contributed by atoms with E-state index in [-0.39, 0.29) is 17.3 Å². The van der Waals surface area contributed by atoms with Gasteiger partial charge < -0.3 is 10.4 Å². The number of benzene rings is 2. The van der Waals surface area contributed by atoms with E-state index >= 15 is 8.78 Å². The van der Waals surface area contributed by atoms with Crippen molar-refractivity contribution in [2.75, 3.05) is 5.32 Å². The van der Waals surface area contributed by atoms with Crippen LogP contribution in [0.25, 0.3) is 11.3 Å². The van der Waals surface area contributed by atoms with Gasteiger partial charge in [-0.15, -0.1) is 0 Å². The molecule has 32 heavy (non-hydrogen) atoms. The quantitative estimate of drug-likeness (QED) is 0.565. The monoisotopic (exact) mass is 443 g/mol. The molecular weight excluding hydrogens is 419 g/mol. The van der Waals surface area contributed by atoms with Crippen LogP contribution in [-0.2, 0) is 17.4 Å². The van der Waals surface area contributed by atoms with Crippen LogP contribution in [0, 0.1) is 5.82 Å². The number of aromatic nitrogens is 2. The third-order valence-electron chi connectivity index (χ3n) is 6.18. The Morgan fingerprint density at radius 1 is 1.12 bits per heavy atom. The van der Waals surface area contributed by atoms with Gasteiger partial charge in [-0.3, -0.25) is 9.48 Å². The Bertz CT molecular complexity index is 1120. The number of alkyl halides is 2. The summed E-state index contributed by atoms with van der Waals surface area (Å²) in [5.41, 5.74) is -0.833. The van der Waals surface area contributed by atoms with Crippen LogP contribution >= 0.6 is 0 Å². The largest absolute Gasteiger partial charge is 0.379 e. The molecule has 2 aromatic carbocycles. The number of hydrogen-bond donors (Lipinski definition) is 2. The van der Waals surface area contributed by atoms with Crippen molar-refractivity contribution in [2.24, 2.45) is 7.05 Å². The summed E-state index contributed by atoms with van der Waals surface area (Å²) in [6.07, 6.45) is 2.65. The molecule has 1 aromatic heterocycles. The second-order valence-corrected chi connectivity index (χ2v) is 8.34. The number of hydrogen-bond acceptors (Lipinski definition) is 3. The van der Waals surface area contributed by atoms with Crippen LogP contribution in [0.3, 0.4) is 0 Å². The molecular formula is C24H24F3N3O2. The maximum Gasteiger partial charge on any atom is 0.356 e. The molecule has 1 amide bonds. The lowest BCUT2D eigenvalue weighted by atomic mass is 9.78. The number of carbonyl (C=O) groups excluding carboxylic acids is 1. The molecule has 0 radical (unpaired) electrons. The highest BCUT2D eigenvalue weighted by Gasteiger charge is 2.56. The van der Waals surface area contributed by atoms with E-state index in [9.17, 15) is 14.3 Å². The first kappa shape index (κ1) is 22.1. The van der Waals surface area contributed by atoms with Gasteiger partial charge in [-0.2, -0.15) is 13.9 Å². The average Bonchev–Trinajstić information content (AvgIpc) is 3.03. The molecule has 4 rings (SSSR count). The molecule has 5 nitrogen and oxygen atoms in total. The topological polar surface area (TPSA) is 67.2 Å². The van der Waals surface area contributed by atoms with Crippen LogP contribution in [-0.4, -0.2) is 26.7 Å². The summed E-state index contributed by atoms with van der Waals surface area (Å²) in [7, 11) is 1.65. The first-order valence-electron chi connectivity index (χ1n) is 10.4. The first-order valence-corrected chi connectivity index (χ1v) is 10.4. The second kappa shape index (κ2) is 8.09. The lowest BCUT2D eigenvalue weighted by molar-refractivity contribution is -0.186. The number of aryl methyl sites for hydroxylation is 1. The number of carbonyl (C=O) groups is 1. The van der Waals surface area contributed by atoms with Gasteiger partial charge in [0, 0.05) is 18.2 Å². The Hall–Kier alpha value is -3.13. The number of nitrogens with one attached hydrogen (secondary N) is 1. The molecule has 1 heterocycles. The van der Waals surface area contributed by atoms with E-state index in [2.05, 4.69) is 10.4 Å². The molecule has 3 aromatic rings. The SMILES string of the molecule is Cn1nc(NC(=O)C(F)(F)C(C)(O)c2ccccc2)c(C2CCC2)c1-c1ccc(F)cc1. The number of aliphatic hydroxyl groups is 1. The van der Waals surface area contributed by atoms with Gasteiger partial charge in [0.2, 0.25) is 0 Å². The number of nitrogens with zero attached hydrogens (tertiary/aromatic N) is 2. The molecule has 168 valence electrons. The van der Waals surface area contributed by atoms with Crippen molar-refractivity contribution in [2.45, 2.75) is 43.6 Å². The predicted molar refractivity (Wildman–Crippen MR) is 115 cm³/mol. The zero-order chi connectivity index (χ0) is 23.1. The summed E-state index contributed by atoms with van der Waals surface area (Å²) < 4.78 is 45.2. The third-order valence-corrected chi connectivity index (χ3v) is 6.18. The third kappa shape index (κ3) is 3.68. The fraction of sp³-hybridized carbons (Fsp3) is 0.333. The Labute approximate surface area is 183 Å². The zero-order valence-corrected chi connectivity index (χ0v) is 17.8. The van der Waals surface area contributed by atoms with Crippen LogP contribution in [0.2, 0.25) is 0 Å². The van der Waals surface area contributed by atoms with Gasteiger partial charge in [-0.05, 0) is 55.5 Å². The normalized spacial score (nSPS) is 16.3. The molecule has 0 saturated heterocycles. The highest BCUT2D eigenvalue weighted by Crippen LogP contribution is 2.45. The van der Waals surface area contributed by atoms with E-state index in [0.717, 1.165) is 26.2 Å². The van der Waals surface area contributed by atoms with Crippen LogP contribution in [0.4, 0.5) is 19.0 Å². The molecule has 1 unspecified atom stereocenters. The van der Waals surface area contributed by atoms with Gasteiger partial charge >= 0.3 is 5.92 Å². The van der Waals surface area contributed by atoms with Crippen LogP contribution in [0.5, 0.6) is 0 Å². The van der Waals surface area contributed by atoms with Crippen LogP contribution in [0.1, 0.15) is 43.2 Å². The van der Waals surface area contributed by atoms with Gasteiger partial charge in [-0.1, -0.05) is 36.8 Å². The molecule has 1 saturated carbocycles. The van der Waals surface area contributed by atoms with Gasteiger partial charge in [0.15, 0.2) is 11.4 Å². The Kier molecular flexibility index (Phi) is 5.58. The van der Waals surface area contributed by atoms with Crippen LogP contribution in [0.15, 0.2) is 54.6 Å². The van der Waals surface area contributed by atoms with E-state index in [0.29, 0.717) is 16.8 Å². The van der Waals surface area contributed by atoms with Crippen LogP contribution < -0.4 is 5.32 Å². The van der Waals surface area contributed by atoms with Crippen molar-refractivity contribution in [1.29, 1.82) is 0 Å². The Morgan fingerprint density at radius 3 is 2.31 bits per heavy atom. The molecule has 1 aliphatic rings. The molecule has 2 N–H and O–H groups in total. The lowest BCUT2D eigenvalue weighted by Gasteiger charge is -2.32. The van der Waals surface area contributed by atoms with Crippen molar-refractivity contribution in [3.63, 3.8) is 0 Å². The van der Waals surface area contributed by atoms with Crippen molar-refractivity contribution < 1.29 is 23.1 Å². The molecule has 0 aliphatic heterocycles. The Morgan fingerprint density at radius 2 is 1.75 bits per heavy atom. The molecule has 1 aliphatic carbocycles. The highest BCUT2D eigenvalue weighted by molar-refractivity contribution is 5.97. The van der Waals surface area contributed by atoms with Crippen molar-refractivity contribution in [1.82, 2.24) is 9.78 Å². The number of rotatable bonds is 6. The molecule has 0 bridgehead atoms. The summed E-state index contributed by atoms with van der Waals surface area (Å²) in [5.74, 6) is -6.08. The van der Waals surface area contributed by atoms with E-state index in [1.54, 1.807) is 25.2 Å². The second-order valence-electron chi connectivity index (χ2n) is 8.34. The number of amides is 1. The van der Waals surface area contributed by atoms with Crippen molar-refractivity contribution >= 4 is 11.7 Å². The van der Waals surface area contributed by atoms with E-state index in [4.69, 9.17) is 0 Å². The fourth-order valence-corrected chi connectivity index (χ4v) is 4.02. The van der Waals surface area contributed by atoms with Gasteiger partial charge in [0.25, 0.3) is 5.91 Å². The molecule has 1 atom stereocenters. The summed E-state index contributed by atoms with van der Waals surface area (Å²) in [6, 6.07) is 13.2. The Balaban J connectivity index is 1.70. The molecule has 1 fully saturated rings. The lowest BCUT2D eigenvalue weighted by Crippen LogP contribution is -2.51. The smallest absolute Gasteiger partial charge is 0.356 e. The summed E-state index contributed by atoms with van der Waals surface area (Å²) >= 11 is 0. The first-order chi connectivity index (χ1) is 15.1. The summed E-state index contributed by atoms with van der Waals surface area (Å²) in [6.45, 7) is 0.914. The zero-order valence-electron chi connectivity index (χ0n) is 17.8. The van der Waals surface area contributed by atoms with Gasteiger partial charge in [-0.25, -0.2) is 4.39 Å². The molecule has 8 heteroatoms. The van der Waals surface area contributed by atoms with E-state index in [1.807, 2.05) is 0 Å². The number of anilines is 1. The summed E-state index contributed by atoms with van der Waals surface area (Å²) in [5, 5.41) is 17.1. The summed E-state index contributed by atoms with van der Waals surface area (Å²) in [4.78, 5) is 12.7. The minimum absolute atomic E-state index is 0.0325. The standard InChI is InChI=1S/C24H24F3N3O2/c1-23(32,17-9-4-3-5-10-17)24(26,27)22(31)28-21-19(15-7-6-8-15)20(30(2)29-21)16-11-13-18(25)14-12-16/h3-5,9-15,32H,6-8H2,1-2H3,(H,28,29,31). The fourth-order valence-electron chi connectivity index (χ4n) is 4.02. The number of halogens is 3. The van der Waals surface area contributed by atoms with Gasteiger partial charge in [0.1, 0.15) is 5.82 Å². The van der Waals surface area contributed by atoms with Crippen molar-refractivity contribution in [3.8, 4) is 11.3 Å². The van der Waals surface area contributed by atoms with E-state index in [1.165, 1.54) is 41.1 Å². The average molecular weight is 443 g/mol. The van der Waals surface area contributed by atoms with Crippen molar-refractivity contribution in [3.05, 3.63) is 71.5 Å². The maximum atomic E-state index is 15.1. The highest BCUT2D eigenvalue weighted by atomic mass is 19.3. The predicted octanol–water partition coefficient (Wildman–Crippen LogP) is 4.98. The maximum absolute atomic E-state index is 15.1. The van der Waals surface area contributed by atoms with E-state index < -0.39 is 23.2 Å². The minimum atomic E-state index is -4.13. The molecule has 0 spiro atoms.